The van der Waals surface area contributed by atoms with E-state index in [0.29, 0.717) is 19.3 Å². The standard InChI is InChI=1S/C12H21F3N2OS/c1-19-7-6-10(16)11(18)17-9-4-2-8(3-5-9)12(13,14)15/h8-10H,2-7,16H2,1H3,(H,17,18)/t8?,9?,10-/m1/s1. The number of rotatable bonds is 5. The van der Waals surface area contributed by atoms with Crippen molar-refractivity contribution >= 4 is 17.7 Å². The van der Waals surface area contributed by atoms with Crippen LogP contribution in [0.1, 0.15) is 32.1 Å². The van der Waals surface area contributed by atoms with Crippen LogP contribution in [0.3, 0.4) is 0 Å². The summed E-state index contributed by atoms with van der Waals surface area (Å²) in [6.07, 6.45) is -0.642. The molecule has 1 amide bonds. The summed E-state index contributed by atoms with van der Waals surface area (Å²) in [4.78, 5) is 11.7. The van der Waals surface area contributed by atoms with Gasteiger partial charge in [-0.3, -0.25) is 4.79 Å². The van der Waals surface area contributed by atoms with Crippen molar-refractivity contribution in [2.75, 3.05) is 12.0 Å². The Hall–Kier alpha value is -0.430. The lowest BCUT2D eigenvalue weighted by atomic mass is 9.85. The van der Waals surface area contributed by atoms with E-state index in [1.807, 2.05) is 6.26 Å². The minimum absolute atomic E-state index is 0.0918. The maximum Gasteiger partial charge on any atom is 0.391 e. The molecule has 7 heteroatoms. The van der Waals surface area contributed by atoms with Gasteiger partial charge in [-0.05, 0) is 44.1 Å². The van der Waals surface area contributed by atoms with E-state index in [0.717, 1.165) is 5.75 Å². The zero-order chi connectivity index (χ0) is 14.5. The van der Waals surface area contributed by atoms with Crippen molar-refractivity contribution in [3.63, 3.8) is 0 Å². The Bertz CT molecular complexity index is 291. The van der Waals surface area contributed by atoms with Crippen LogP contribution in [0.15, 0.2) is 0 Å². The van der Waals surface area contributed by atoms with Gasteiger partial charge in [0.1, 0.15) is 0 Å². The molecule has 0 heterocycles. The summed E-state index contributed by atoms with van der Waals surface area (Å²) in [6.45, 7) is 0. The Balaban J connectivity index is 2.31. The fourth-order valence-corrected chi connectivity index (χ4v) is 2.74. The van der Waals surface area contributed by atoms with Gasteiger partial charge in [0, 0.05) is 6.04 Å². The highest BCUT2D eigenvalue weighted by Crippen LogP contribution is 2.37. The van der Waals surface area contributed by atoms with Crippen molar-refractivity contribution in [3.8, 4) is 0 Å². The summed E-state index contributed by atoms with van der Waals surface area (Å²) in [7, 11) is 0. The van der Waals surface area contributed by atoms with Crippen LogP contribution in [0.5, 0.6) is 0 Å². The first-order valence-corrected chi connectivity index (χ1v) is 7.85. The highest BCUT2D eigenvalue weighted by Gasteiger charge is 2.41. The largest absolute Gasteiger partial charge is 0.391 e. The van der Waals surface area contributed by atoms with Gasteiger partial charge in [-0.2, -0.15) is 24.9 Å². The third kappa shape index (κ3) is 5.60. The molecule has 1 aliphatic rings. The highest BCUT2D eigenvalue weighted by molar-refractivity contribution is 7.98. The van der Waals surface area contributed by atoms with Crippen LogP contribution in [0, 0.1) is 5.92 Å². The van der Waals surface area contributed by atoms with E-state index in [2.05, 4.69) is 5.32 Å². The first-order valence-electron chi connectivity index (χ1n) is 6.46. The molecular weight excluding hydrogens is 277 g/mol. The average Bonchev–Trinajstić information content (AvgIpc) is 2.35. The molecule has 0 aliphatic heterocycles. The van der Waals surface area contributed by atoms with Crippen LogP contribution in [0.4, 0.5) is 13.2 Å². The maximum atomic E-state index is 12.5. The van der Waals surface area contributed by atoms with E-state index in [1.165, 1.54) is 0 Å². The van der Waals surface area contributed by atoms with Gasteiger partial charge in [0.05, 0.1) is 12.0 Å². The Morgan fingerprint density at radius 3 is 2.42 bits per heavy atom. The number of thioether (sulfide) groups is 1. The molecule has 0 saturated heterocycles. The lowest BCUT2D eigenvalue weighted by Crippen LogP contribution is -2.47. The smallest absolute Gasteiger partial charge is 0.352 e. The lowest BCUT2D eigenvalue weighted by molar-refractivity contribution is -0.182. The summed E-state index contributed by atoms with van der Waals surface area (Å²) in [5, 5.41) is 2.76. The topological polar surface area (TPSA) is 55.1 Å². The van der Waals surface area contributed by atoms with E-state index >= 15 is 0 Å². The summed E-state index contributed by atoms with van der Waals surface area (Å²) in [6, 6.07) is -0.723. The second kappa shape index (κ2) is 7.38. The number of nitrogens with two attached hydrogens (primary N) is 1. The first kappa shape index (κ1) is 16.6. The molecule has 112 valence electrons. The molecule has 1 saturated carbocycles. The summed E-state index contributed by atoms with van der Waals surface area (Å²) in [5.74, 6) is -0.662. The summed E-state index contributed by atoms with van der Waals surface area (Å²) < 4.78 is 37.5. The molecule has 1 aliphatic carbocycles. The van der Waals surface area contributed by atoms with E-state index in [4.69, 9.17) is 5.73 Å². The molecule has 0 aromatic carbocycles. The molecule has 0 aromatic heterocycles. The maximum absolute atomic E-state index is 12.5. The summed E-state index contributed by atoms with van der Waals surface area (Å²) in [5.41, 5.74) is 5.71. The number of halogens is 3. The lowest BCUT2D eigenvalue weighted by Gasteiger charge is -2.30. The summed E-state index contributed by atoms with van der Waals surface area (Å²) >= 11 is 1.61. The van der Waals surface area contributed by atoms with Crippen molar-refractivity contribution in [2.45, 2.75) is 50.4 Å². The minimum atomic E-state index is -4.11. The SMILES string of the molecule is CSCC[C@@H](N)C(=O)NC1CCC(C(F)(F)F)CC1. The molecule has 0 radical (unpaired) electrons. The second-order valence-corrected chi connectivity index (χ2v) is 5.97. The normalized spacial score (nSPS) is 25.9. The minimum Gasteiger partial charge on any atom is -0.352 e. The van der Waals surface area contributed by atoms with Gasteiger partial charge in [0.15, 0.2) is 0 Å². The molecule has 3 N–H and O–H groups in total. The third-order valence-electron chi connectivity index (χ3n) is 3.51. The molecule has 0 bridgehead atoms. The van der Waals surface area contributed by atoms with E-state index in [-0.39, 0.29) is 24.8 Å². The van der Waals surface area contributed by atoms with E-state index < -0.39 is 18.1 Å². The third-order valence-corrected chi connectivity index (χ3v) is 4.15. The van der Waals surface area contributed by atoms with Crippen molar-refractivity contribution in [1.82, 2.24) is 5.32 Å². The van der Waals surface area contributed by atoms with Gasteiger partial charge in [-0.1, -0.05) is 0 Å². The van der Waals surface area contributed by atoms with Crippen LogP contribution in [0.2, 0.25) is 0 Å². The number of amides is 1. The molecule has 19 heavy (non-hydrogen) atoms. The van der Waals surface area contributed by atoms with Crippen LogP contribution >= 0.6 is 11.8 Å². The molecule has 1 rings (SSSR count). The van der Waals surface area contributed by atoms with Crippen molar-refractivity contribution in [1.29, 1.82) is 0 Å². The van der Waals surface area contributed by atoms with Gasteiger partial charge in [-0.15, -0.1) is 0 Å². The van der Waals surface area contributed by atoms with Gasteiger partial charge in [0.2, 0.25) is 5.91 Å². The fourth-order valence-electron chi connectivity index (χ4n) is 2.25. The molecule has 1 atom stereocenters. The quantitative estimate of drug-likeness (QED) is 0.819. The molecule has 0 unspecified atom stereocenters. The number of carbonyl (C=O) groups excluding carboxylic acids is 1. The number of alkyl halides is 3. The molecule has 0 spiro atoms. The molecular formula is C12H21F3N2OS. The van der Waals surface area contributed by atoms with Crippen LogP contribution in [0.25, 0.3) is 0 Å². The van der Waals surface area contributed by atoms with Crippen LogP contribution in [-0.4, -0.2) is 36.2 Å². The zero-order valence-electron chi connectivity index (χ0n) is 11.0. The number of nitrogens with one attached hydrogen (secondary N) is 1. The van der Waals surface area contributed by atoms with Gasteiger partial charge < -0.3 is 11.1 Å². The predicted octanol–water partition coefficient (Wildman–Crippen LogP) is 2.30. The fraction of sp³-hybridized carbons (Fsp3) is 0.917. The molecule has 0 aromatic rings. The molecule has 1 fully saturated rings. The van der Waals surface area contributed by atoms with Gasteiger partial charge in [-0.25, -0.2) is 0 Å². The van der Waals surface area contributed by atoms with E-state index in [9.17, 15) is 18.0 Å². The highest BCUT2D eigenvalue weighted by atomic mass is 32.2. The zero-order valence-corrected chi connectivity index (χ0v) is 11.8. The average molecular weight is 298 g/mol. The molecule has 3 nitrogen and oxygen atoms in total. The second-order valence-electron chi connectivity index (χ2n) is 4.99. The number of carbonyl (C=O) groups is 1. The van der Waals surface area contributed by atoms with Crippen molar-refractivity contribution in [3.05, 3.63) is 0 Å². The first-order chi connectivity index (χ1) is 8.84. The van der Waals surface area contributed by atoms with Gasteiger partial charge in [0.25, 0.3) is 0 Å². The number of hydrogen-bond donors (Lipinski definition) is 2. The van der Waals surface area contributed by atoms with Crippen LogP contribution in [-0.2, 0) is 4.79 Å². The van der Waals surface area contributed by atoms with Crippen molar-refractivity contribution in [2.24, 2.45) is 11.7 Å². The van der Waals surface area contributed by atoms with Crippen LogP contribution < -0.4 is 11.1 Å². The Morgan fingerprint density at radius 1 is 1.37 bits per heavy atom. The van der Waals surface area contributed by atoms with Crippen molar-refractivity contribution < 1.29 is 18.0 Å². The Labute approximate surface area is 115 Å². The Kier molecular flexibility index (Phi) is 6.46. The monoisotopic (exact) mass is 298 g/mol. The predicted molar refractivity (Wildman–Crippen MR) is 70.9 cm³/mol. The number of hydrogen-bond acceptors (Lipinski definition) is 3. The Morgan fingerprint density at radius 2 is 1.95 bits per heavy atom. The van der Waals surface area contributed by atoms with Gasteiger partial charge >= 0.3 is 6.18 Å². The van der Waals surface area contributed by atoms with E-state index in [1.54, 1.807) is 11.8 Å².